The van der Waals surface area contributed by atoms with E-state index in [2.05, 4.69) is 19.4 Å². The number of phosphoric ester groups is 2. The number of phosphoric acid groups is 2. The first-order chi connectivity index (χ1) is 26.6. The fourth-order valence-corrected chi connectivity index (χ4v) is 7.77. The summed E-state index contributed by atoms with van der Waals surface area (Å²) in [6, 6.07) is 15.1. The van der Waals surface area contributed by atoms with Crippen molar-refractivity contribution in [3.8, 4) is 0 Å². The van der Waals surface area contributed by atoms with E-state index in [0.717, 1.165) is 33.2 Å². The van der Waals surface area contributed by atoms with Crippen molar-refractivity contribution in [3.05, 3.63) is 81.1 Å². The van der Waals surface area contributed by atoms with Crippen LogP contribution in [0, 0.1) is 0 Å². The number of benzene rings is 2. The summed E-state index contributed by atoms with van der Waals surface area (Å²) in [6.45, 7) is 0.322. The molecule has 0 bridgehead atoms. The number of aromatic amines is 1. The predicted octanol–water partition coefficient (Wildman–Crippen LogP) is -1.37. The van der Waals surface area contributed by atoms with Crippen molar-refractivity contribution >= 4 is 26.4 Å². The van der Waals surface area contributed by atoms with Crippen LogP contribution < -0.4 is 11.2 Å². The molecule has 8 N–H and O–H groups in total. The number of nitrogens with one attached hydrogen (secondary N) is 1. The fraction of sp³-hybridized carbons (Fsp3) is 0.562. The van der Waals surface area contributed by atoms with Crippen LogP contribution in [0.1, 0.15) is 11.8 Å². The molecule has 3 aromatic rings. The van der Waals surface area contributed by atoms with E-state index in [1.807, 2.05) is 41.4 Å². The summed E-state index contributed by atoms with van der Waals surface area (Å²) in [4.78, 5) is 45.5. The third-order valence-electron chi connectivity index (χ3n) is 8.46. The van der Waals surface area contributed by atoms with Crippen molar-refractivity contribution in [1.82, 2.24) is 9.55 Å². The predicted molar refractivity (Wildman–Crippen MR) is 188 cm³/mol. The van der Waals surface area contributed by atoms with Crippen LogP contribution in [-0.4, -0.2) is 147 Å². The highest BCUT2D eigenvalue weighted by molar-refractivity contribution is 7.61. The van der Waals surface area contributed by atoms with Gasteiger partial charge in [-0.05, 0) is 22.4 Å². The van der Waals surface area contributed by atoms with Gasteiger partial charge in [-0.3, -0.25) is 23.4 Å². The van der Waals surface area contributed by atoms with E-state index in [9.17, 15) is 54.0 Å². The topological polar surface area (TPSA) is 314 Å². The van der Waals surface area contributed by atoms with Gasteiger partial charge in [0.05, 0.1) is 59.5 Å². The van der Waals surface area contributed by atoms with Crippen molar-refractivity contribution in [2.45, 2.75) is 61.9 Å². The summed E-state index contributed by atoms with van der Waals surface area (Å²) >= 11 is 0. The first-order valence-corrected chi connectivity index (χ1v) is 20.1. The normalized spacial score (nSPS) is 28.9. The van der Waals surface area contributed by atoms with Gasteiger partial charge in [0, 0.05) is 12.3 Å². The second-order valence-corrected chi connectivity index (χ2v) is 15.5. The average Bonchev–Trinajstić information content (AvgIpc) is 3.43. The van der Waals surface area contributed by atoms with E-state index in [0.29, 0.717) is 19.8 Å². The highest BCUT2D eigenvalue weighted by Gasteiger charge is 2.49. The lowest BCUT2D eigenvalue weighted by molar-refractivity contribution is -0.283. The molecule has 11 atom stereocenters. The minimum atomic E-state index is -5.66. The zero-order valence-electron chi connectivity index (χ0n) is 29.5. The second kappa shape index (κ2) is 20.3. The van der Waals surface area contributed by atoms with Crippen molar-refractivity contribution in [1.29, 1.82) is 0 Å². The van der Waals surface area contributed by atoms with E-state index in [4.69, 9.17) is 28.4 Å². The summed E-state index contributed by atoms with van der Waals surface area (Å²) in [5, 5.41) is 53.8. The van der Waals surface area contributed by atoms with Gasteiger partial charge in [0.2, 0.25) is 0 Å². The third kappa shape index (κ3) is 12.4. The number of aromatic nitrogens is 2. The summed E-state index contributed by atoms with van der Waals surface area (Å²) in [5.74, 6) is 0. The number of aliphatic hydroxyl groups is 5. The first kappa shape index (κ1) is 44.3. The van der Waals surface area contributed by atoms with E-state index < -0.39 is 95.4 Å². The Kier molecular flexibility index (Phi) is 16.0. The lowest BCUT2D eigenvalue weighted by Crippen LogP contribution is -2.59. The van der Waals surface area contributed by atoms with Gasteiger partial charge in [0.25, 0.3) is 5.56 Å². The molecule has 2 unspecified atom stereocenters. The zero-order valence-corrected chi connectivity index (χ0v) is 31.3. The molecule has 22 nitrogen and oxygen atoms in total. The lowest BCUT2D eigenvalue weighted by atomic mass is 9.99. The maximum Gasteiger partial charge on any atom is 0.483 e. The Balaban J connectivity index is 0.967. The molecule has 2 aliphatic heterocycles. The summed E-state index contributed by atoms with van der Waals surface area (Å²) < 4.78 is 71.9. The molecule has 1 aromatic heterocycles. The number of hydrogen-bond acceptors (Lipinski definition) is 18. The third-order valence-corrected chi connectivity index (χ3v) is 11.1. The maximum atomic E-state index is 12.6. The molecule has 2 aliphatic rings. The van der Waals surface area contributed by atoms with E-state index in [1.165, 1.54) is 0 Å². The van der Waals surface area contributed by atoms with Crippen LogP contribution in [0.5, 0.6) is 0 Å². The quantitative estimate of drug-likeness (QED) is 0.0453. The van der Waals surface area contributed by atoms with Crippen molar-refractivity contribution < 1.29 is 86.2 Å². The average molecular weight is 839 g/mol. The summed E-state index contributed by atoms with van der Waals surface area (Å²) in [6.07, 6.45) is -15.3. The van der Waals surface area contributed by atoms with Crippen LogP contribution in [0.3, 0.4) is 0 Å². The van der Waals surface area contributed by atoms with Gasteiger partial charge in [0.15, 0.2) is 12.5 Å². The van der Waals surface area contributed by atoms with Crippen LogP contribution in [-0.2, 0) is 57.5 Å². The highest BCUT2D eigenvalue weighted by atomic mass is 31.3. The second-order valence-electron chi connectivity index (χ2n) is 12.5. The number of rotatable bonds is 21. The van der Waals surface area contributed by atoms with Crippen LogP contribution in [0.4, 0.5) is 0 Å². The van der Waals surface area contributed by atoms with Gasteiger partial charge in [-0.2, -0.15) is 4.31 Å². The van der Waals surface area contributed by atoms with Crippen molar-refractivity contribution in [2.75, 3.05) is 52.9 Å². The Morgan fingerprint density at radius 1 is 0.679 bits per heavy atom. The largest absolute Gasteiger partial charge is 0.483 e. The van der Waals surface area contributed by atoms with Gasteiger partial charge in [-0.25, -0.2) is 13.9 Å². The smallest absolute Gasteiger partial charge is 0.387 e. The number of hydrogen-bond donors (Lipinski definition) is 8. The van der Waals surface area contributed by atoms with Crippen molar-refractivity contribution in [2.24, 2.45) is 0 Å². The van der Waals surface area contributed by atoms with E-state index in [-0.39, 0.29) is 26.4 Å². The standard InChI is InChI=1S/C32H44N2O20P2/c35-24-7-8-34(32(41)33-24)30-28(39)26(37)23(51-30)18-50-55(42,43)54-56(44,45)53-31-29(40)27(38)25(36)22(52-31)17-49-14-12-47-10-9-46-11-13-48-16-19-5-6-20-3-1-2-4-21(20)15-19/h1-8,15,22-23,25-31,36-40H,9-14,16-18H2,(H,42,43)(H,44,45)(H,33,35,41)/t22-,23+,25-,26+,27-,28+,29-,30+,31+/m0/s1. The van der Waals surface area contributed by atoms with Gasteiger partial charge in [0.1, 0.15) is 42.7 Å². The Bertz CT molecular complexity index is 1930. The molecular formula is C32H44N2O20P2. The van der Waals surface area contributed by atoms with Crippen molar-refractivity contribution in [3.63, 3.8) is 0 Å². The number of fused-ring (bicyclic) bond motifs is 1. The first-order valence-electron chi connectivity index (χ1n) is 17.2. The maximum absolute atomic E-state index is 12.6. The molecule has 312 valence electrons. The van der Waals surface area contributed by atoms with Gasteiger partial charge < -0.3 is 63.7 Å². The Labute approximate surface area is 317 Å². The van der Waals surface area contributed by atoms with Crippen LogP contribution in [0.2, 0.25) is 0 Å². The SMILES string of the molecule is O=c1ccn([C@@H]2O[C@H](COP(=O)(O)OP(=O)(O)O[C@H]3O[C@@H](COCCOCCOCCOCc4ccc5ccccc5c4)[C@H](O)[C@H](O)[C@@H]3O)[C@@H](O)[C@H]2O)c(=O)[nH]1. The lowest BCUT2D eigenvalue weighted by Gasteiger charge is -2.40. The van der Waals surface area contributed by atoms with E-state index >= 15 is 0 Å². The molecule has 2 aromatic carbocycles. The molecular weight excluding hydrogens is 794 g/mol. The summed E-state index contributed by atoms with van der Waals surface area (Å²) in [5.41, 5.74) is -0.700. The molecule has 5 rings (SSSR count). The zero-order chi connectivity index (χ0) is 40.5. The summed E-state index contributed by atoms with van der Waals surface area (Å²) in [7, 11) is -11.2. The number of nitrogens with zero attached hydrogens (tertiary/aromatic N) is 1. The number of H-pyrrole nitrogens is 1. The minimum Gasteiger partial charge on any atom is -0.387 e. The Morgan fingerprint density at radius 3 is 2.00 bits per heavy atom. The minimum absolute atomic E-state index is 0.0168. The molecule has 56 heavy (non-hydrogen) atoms. The van der Waals surface area contributed by atoms with E-state index in [1.54, 1.807) is 0 Å². The molecule has 0 spiro atoms. The molecule has 0 amide bonds. The number of aliphatic hydroxyl groups excluding tert-OH is 5. The number of ether oxygens (including phenoxy) is 6. The molecule has 24 heteroatoms. The van der Waals surface area contributed by atoms with Gasteiger partial charge in [-0.1, -0.05) is 36.4 Å². The van der Waals surface area contributed by atoms with Crippen LogP contribution >= 0.6 is 15.6 Å². The molecule has 2 saturated heterocycles. The Hall–Kier alpha value is -2.80. The molecule has 3 heterocycles. The van der Waals surface area contributed by atoms with Gasteiger partial charge in [-0.15, -0.1) is 0 Å². The molecule has 0 aliphatic carbocycles. The van der Waals surface area contributed by atoms with Gasteiger partial charge >= 0.3 is 21.3 Å². The molecule has 0 radical (unpaired) electrons. The van der Waals surface area contributed by atoms with Crippen LogP contribution in [0.25, 0.3) is 10.8 Å². The molecule has 0 saturated carbocycles. The fourth-order valence-electron chi connectivity index (χ4n) is 5.61. The Morgan fingerprint density at radius 2 is 1.30 bits per heavy atom. The monoisotopic (exact) mass is 838 g/mol. The highest BCUT2D eigenvalue weighted by Crippen LogP contribution is 2.61. The van der Waals surface area contributed by atoms with Crippen LogP contribution in [0.15, 0.2) is 64.3 Å². The molecule has 2 fully saturated rings.